The van der Waals surface area contributed by atoms with Crippen molar-refractivity contribution in [2.45, 2.75) is 18.4 Å². The van der Waals surface area contributed by atoms with Crippen molar-refractivity contribution < 1.29 is 26.3 Å². The van der Waals surface area contributed by atoms with Crippen LogP contribution in [0.3, 0.4) is 0 Å². The van der Waals surface area contributed by atoms with Gasteiger partial charge in [0.05, 0.1) is 12.9 Å². The molecule has 0 aromatic carbocycles. The minimum absolute atomic E-state index is 0.498. The Hall–Kier alpha value is -0.950. The number of hydrogen-bond acceptors (Lipinski definition) is 2. The van der Waals surface area contributed by atoms with E-state index < -0.39 is 31.5 Å². The lowest BCUT2D eigenvalue weighted by atomic mass is 10.3. The van der Waals surface area contributed by atoms with Gasteiger partial charge in [0, 0.05) is 0 Å². The van der Waals surface area contributed by atoms with Crippen LogP contribution in [0.15, 0.2) is 4.99 Å². The molecule has 0 bridgehead atoms. The summed E-state index contributed by atoms with van der Waals surface area (Å²) in [6.07, 6.45) is -8.49. The maximum absolute atomic E-state index is 11.9. The maximum atomic E-state index is 11.9. The van der Waals surface area contributed by atoms with Gasteiger partial charge in [-0.2, -0.15) is 26.3 Å². The molecule has 2 nitrogen and oxygen atoms in total. The van der Waals surface area contributed by atoms with Gasteiger partial charge < -0.3 is 4.90 Å². The van der Waals surface area contributed by atoms with E-state index in [0.29, 0.717) is 11.2 Å². The molecule has 0 radical (unpaired) electrons. The molecule has 1 atom stereocenters. The number of nitrogens with zero attached hydrogens (tertiary/aromatic N) is 2. The summed E-state index contributed by atoms with van der Waals surface area (Å²) in [6, 6.07) is -2.04. The van der Waals surface area contributed by atoms with Crippen LogP contribution in [-0.4, -0.2) is 42.7 Å². The van der Waals surface area contributed by atoms with Crippen molar-refractivity contribution in [1.82, 2.24) is 4.90 Å². The standard InChI is InChI=1S/C6H6F6N2/c7-5(8,9)2-14-1-4(13-3-14)6(10,11)12/h3-4H,1-2H2. The normalized spacial score (nSPS) is 23.3. The predicted molar refractivity (Wildman–Crippen MR) is 36.0 cm³/mol. The van der Waals surface area contributed by atoms with Crippen LogP contribution in [0, 0.1) is 0 Å². The van der Waals surface area contributed by atoms with Crippen LogP contribution < -0.4 is 0 Å². The van der Waals surface area contributed by atoms with Crippen molar-refractivity contribution in [2.75, 3.05) is 13.1 Å². The monoisotopic (exact) mass is 220 g/mol. The van der Waals surface area contributed by atoms with E-state index >= 15 is 0 Å². The molecule has 0 spiro atoms. The Morgan fingerprint density at radius 2 is 1.79 bits per heavy atom. The summed E-state index contributed by atoms with van der Waals surface area (Å²) in [6.45, 7) is -2.16. The topological polar surface area (TPSA) is 15.6 Å². The third kappa shape index (κ3) is 3.08. The highest BCUT2D eigenvalue weighted by atomic mass is 19.4. The fraction of sp³-hybridized carbons (Fsp3) is 0.833. The van der Waals surface area contributed by atoms with Crippen molar-refractivity contribution in [1.29, 1.82) is 0 Å². The van der Waals surface area contributed by atoms with Crippen LogP contribution in [-0.2, 0) is 0 Å². The largest absolute Gasteiger partial charge is 0.412 e. The Labute approximate surface area is 75.2 Å². The Morgan fingerprint density at radius 1 is 1.21 bits per heavy atom. The second kappa shape index (κ2) is 3.32. The smallest absolute Gasteiger partial charge is 0.351 e. The van der Waals surface area contributed by atoms with Gasteiger partial charge in [-0.05, 0) is 0 Å². The predicted octanol–water partition coefficient (Wildman–Crippen LogP) is 1.82. The molecule has 0 aromatic heterocycles. The number of halogens is 6. The highest BCUT2D eigenvalue weighted by Gasteiger charge is 2.44. The zero-order valence-electron chi connectivity index (χ0n) is 6.73. The second-order valence-electron chi connectivity index (χ2n) is 2.87. The molecule has 14 heavy (non-hydrogen) atoms. The van der Waals surface area contributed by atoms with Gasteiger partial charge in [0.2, 0.25) is 0 Å². The van der Waals surface area contributed by atoms with Crippen molar-refractivity contribution in [2.24, 2.45) is 4.99 Å². The lowest BCUT2D eigenvalue weighted by Crippen LogP contribution is -2.37. The molecule has 1 unspecified atom stereocenters. The quantitative estimate of drug-likeness (QED) is 0.615. The van der Waals surface area contributed by atoms with Crippen molar-refractivity contribution >= 4 is 6.34 Å². The molecule has 0 aromatic rings. The molecule has 0 saturated carbocycles. The summed E-state index contributed by atoms with van der Waals surface area (Å²) in [5, 5.41) is 0. The van der Waals surface area contributed by atoms with E-state index in [2.05, 4.69) is 4.99 Å². The zero-order chi connectivity index (χ0) is 11.0. The Bertz CT molecular complexity index is 229. The van der Waals surface area contributed by atoms with E-state index in [4.69, 9.17) is 0 Å². The Morgan fingerprint density at radius 3 is 2.14 bits per heavy atom. The van der Waals surface area contributed by atoms with Crippen LogP contribution in [0.4, 0.5) is 26.3 Å². The van der Waals surface area contributed by atoms with Crippen molar-refractivity contribution in [3.8, 4) is 0 Å². The van der Waals surface area contributed by atoms with E-state index in [1.54, 1.807) is 0 Å². The third-order valence-electron chi connectivity index (χ3n) is 1.58. The van der Waals surface area contributed by atoms with Crippen LogP contribution in [0.1, 0.15) is 0 Å². The van der Waals surface area contributed by atoms with Gasteiger partial charge in [0.1, 0.15) is 6.54 Å². The van der Waals surface area contributed by atoms with E-state index in [1.807, 2.05) is 0 Å². The van der Waals surface area contributed by atoms with Crippen LogP contribution in [0.2, 0.25) is 0 Å². The summed E-state index contributed by atoms with van der Waals surface area (Å²) in [5.74, 6) is 0. The fourth-order valence-corrected chi connectivity index (χ4v) is 1.01. The first kappa shape index (κ1) is 11.1. The Kier molecular flexibility index (Phi) is 2.64. The fourth-order valence-electron chi connectivity index (χ4n) is 1.01. The first-order valence-electron chi connectivity index (χ1n) is 3.59. The molecule has 1 rings (SSSR count). The maximum Gasteiger partial charge on any atom is 0.412 e. The first-order valence-corrected chi connectivity index (χ1v) is 3.59. The van der Waals surface area contributed by atoms with Crippen LogP contribution in [0.25, 0.3) is 0 Å². The van der Waals surface area contributed by atoms with E-state index in [0.717, 1.165) is 0 Å². The van der Waals surface area contributed by atoms with Crippen LogP contribution in [0.5, 0.6) is 0 Å². The van der Waals surface area contributed by atoms with Gasteiger partial charge in [-0.3, -0.25) is 4.99 Å². The molecule has 0 aliphatic carbocycles. The first-order chi connectivity index (χ1) is 6.18. The number of aliphatic imine (C=N–C) groups is 1. The van der Waals surface area contributed by atoms with Gasteiger partial charge in [-0.15, -0.1) is 0 Å². The summed E-state index contributed by atoms with van der Waals surface area (Å²) in [5.41, 5.74) is 0. The molecule has 0 fully saturated rings. The lowest BCUT2D eigenvalue weighted by molar-refractivity contribution is -0.156. The van der Waals surface area contributed by atoms with Gasteiger partial charge in [-0.25, -0.2) is 0 Å². The third-order valence-corrected chi connectivity index (χ3v) is 1.58. The van der Waals surface area contributed by atoms with Crippen LogP contribution >= 0.6 is 0 Å². The van der Waals surface area contributed by atoms with E-state index in [9.17, 15) is 26.3 Å². The molecule has 0 saturated heterocycles. The van der Waals surface area contributed by atoms with Gasteiger partial charge >= 0.3 is 12.4 Å². The minimum Gasteiger partial charge on any atom is -0.351 e. The van der Waals surface area contributed by atoms with E-state index in [1.165, 1.54) is 0 Å². The van der Waals surface area contributed by atoms with E-state index in [-0.39, 0.29) is 0 Å². The molecule has 8 heteroatoms. The molecular weight excluding hydrogens is 214 g/mol. The van der Waals surface area contributed by atoms with Crippen molar-refractivity contribution in [3.05, 3.63) is 0 Å². The molecule has 1 aliphatic heterocycles. The average Bonchev–Trinajstić information content (AvgIpc) is 2.29. The van der Waals surface area contributed by atoms with Gasteiger partial charge in [-0.1, -0.05) is 0 Å². The van der Waals surface area contributed by atoms with Crippen molar-refractivity contribution in [3.63, 3.8) is 0 Å². The van der Waals surface area contributed by atoms with Gasteiger partial charge in [0.15, 0.2) is 6.04 Å². The SMILES string of the molecule is FC(F)(F)CN1C=NC(C(F)(F)F)C1. The molecule has 1 aliphatic rings. The number of rotatable bonds is 1. The summed E-state index contributed by atoms with van der Waals surface area (Å²) >= 11 is 0. The highest BCUT2D eigenvalue weighted by Crippen LogP contribution is 2.27. The number of alkyl halides is 6. The summed E-state index contributed by atoms with van der Waals surface area (Å²) in [4.78, 5) is 3.45. The Balaban J connectivity index is 2.48. The zero-order valence-corrected chi connectivity index (χ0v) is 6.73. The van der Waals surface area contributed by atoms with Gasteiger partial charge in [0.25, 0.3) is 0 Å². The number of hydrogen-bond donors (Lipinski definition) is 0. The second-order valence-corrected chi connectivity index (χ2v) is 2.87. The molecule has 0 amide bonds. The average molecular weight is 220 g/mol. The lowest BCUT2D eigenvalue weighted by Gasteiger charge is -2.18. The molecule has 0 N–H and O–H groups in total. The minimum atomic E-state index is -4.57. The molecule has 82 valence electrons. The molecule has 1 heterocycles. The summed E-state index contributed by atoms with van der Waals surface area (Å²) < 4.78 is 71.1. The molecular formula is C6H6F6N2. The highest BCUT2D eigenvalue weighted by molar-refractivity contribution is 5.58. The summed E-state index contributed by atoms with van der Waals surface area (Å²) in [7, 11) is 0.